The van der Waals surface area contributed by atoms with Gasteiger partial charge in [0.25, 0.3) is 0 Å². The molecule has 0 atom stereocenters. The van der Waals surface area contributed by atoms with Crippen molar-refractivity contribution in [1.29, 1.82) is 0 Å². The summed E-state index contributed by atoms with van der Waals surface area (Å²) in [5.41, 5.74) is 2.33. The van der Waals surface area contributed by atoms with Crippen molar-refractivity contribution in [3.63, 3.8) is 0 Å². The van der Waals surface area contributed by atoms with Gasteiger partial charge in [-0.15, -0.1) is 0 Å². The van der Waals surface area contributed by atoms with Crippen LogP contribution >= 0.6 is 0 Å². The van der Waals surface area contributed by atoms with Gasteiger partial charge in [0.1, 0.15) is 0 Å². The van der Waals surface area contributed by atoms with Crippen molar-refractivity contribution in [3.05, 3.63) is 35.4 Å². The van der Waals surface area contributed by atoms with Gasteiger partial charge in [0.2, 0.25) is 5.91 Å². The molecule has 1 aliphatic rings. The van der Waals surface area contributed by atoms with Gasteiger partial charge in [-0.2, -0.15) is 0 Å². The number of benzene rings is 1. The summed E-state index contributed by atoms with van der Waals surface area (Å²) in [6.07, 6.45) is 3.02. The Labute approximate surface area is 121 Å². The normalized spacial score (nSPS) is 16.7. The maximum Gasteiger partial charge on any atom is 0.227 e. The van der Waals surface area contributed by atoms with Gasteiger partial charge in [0, 0.05) is 13.1 Å². The minimum absolute atomic E-state index is 0.238. The summed E-state index contributed by atoms with van der Waals surface area (Å²) in [7, 11) is 0. The second-order valence-electron chi connectivity index (χ2n) is 5.87. The molecule has 0 aliphatic carbocycles. The average molecular weight is 275 g/mol. The number of hydrogen-bond donors (Lipinski definition) is 0. The topological polar surface area (TPSA) is 29.5 Å². The van der Waals surface area contributed by atoms with E-state index < -0.39 is 0 Å². The molecule has 1 amide bonds. The number of piperidine rings is 1. The van der Waals surface area contributed by atoms with Gasteiger partial charge >= 0.3 is 0 Å². The first-order valence-electron chi connectivity index (χ1n) is 7.54. The summed E-state index contributed by atoms with van der Waals surface area (Å²) in [5.74, 6) is 0.238. The maximum atomic E-state index is 12.3. The quantitative estimate of drug-likeness (QED) is 0.845. The molecular formula is C17H25NO2. The lowest BCUT2D eigenvalue weighted by molar-refractivity contribution is -0.133. The van der Waals surface area contributed by atoms with Gasteiger partial charge in [-0.25, -0.2) is 0 Å². The molecule has 0 unspecified atom stereocenters. The minimum atomic E-state index is 0.238. The third-order valence-electron chi connectivity index (χ3n) is 3.86. The number of aryl methyl sites for hydroxylation is 1. The molecule has 3 heteroatoms. The Bertz CT molecular complexity index is 448. The summed E-state index contributed by atoms with van der Waals surface area (Å²) in [5, 5.41) is 0. The van der Waals surface area contributed by atoms with E-state index in [-0.39, 0.29) is 12.0 Å². The second-order valence-corrected chi connectivity index (χ2v) is 5.87. The molecule has 1 heterocycles. The standard InChI is InChI=1S/C17H25NO2/c1-13(2)20-16-8-10-18(11-9-16)17(19)12-15-7-5-4-6-14(15)3/h4-7,13,16H,8-12H2,1-3H3. The zero-order chi connectivity index (χ0) is 14.5. The summed E-state index contributed by atoms with van der Waals surface area (Å²) in [6.45, 7) is 7.83. The SMILES string of the molecule is Cc1ccccc1CC(=O)N1CCC(OC(C)C)CC1. The first kappa shape index (κ1) is 15.0. The minimum Gasteiger partial charge on any atom is -0.375 e. The molecule has 2 rings (SSSR count). The number of nitrogens with zero attached hydrogens (tertiary/aromatic N) is 1. The Kier molecular flexibility index (Phi) is 5.18. The fourth-order valence-corrected chi connectivity index (χ4v) is 2.71. The van der Waals surface area contributed by atoms with Gasteiger partial charge < -0.3 is 9.64 Å². The molecule has 0 radical (unpaired) electrons. The molecule has 1 aromatic carbocycles. The Hall–Kier alpha value is -1.35. The highest BCUT2D eigenvalue weighted by Crippen LogP contribution is 2.17. The summed E-state index contributed by atoms with van der Waals surface area (Å²) in [4.78, 5) is 14.3. The zero-order valence-corrected chi connectivity index (χ0v) is 12.8. The molecule has 3 nitrogen and oxygen atoms in total. The average Bonchev–Trinajstić information content (AvgIpc) is 2.41. The maximum absolute atomic E-state index is 12.3. The third-order valence-corrected chi connectivity index (χ3v) is 3.86. The van der Waals surface area contributed by atoms with Crippen LogP contribution in [0.4, 0.5) is 0 Å². The molecule has 1 saturated heterocycles. The van der Waals surface area contributed by atoms with E-state index in [1.165, 1.54) is 5.56 Å². The van der Waals surface area contributed by atoms with E-state index in [4.69, 9.17) is 4.74 Å². The lowest BCUT2D eigenvalue weighted by Gasteiger charge is -2.33. The highest BCUT2D eigenvalue weighted by molar-refractivity contribution is 5.79. The third kappa shape index (κ3) is 4.07. The van der Waals surface area contributed by atoms with Crippen molar-refractivity contribution in [2.24, 2.45) is 0 Å². The molecule has 0 bridgehead atoms. The van der Waals surface area contributed by atoms with Crippen LogP contribution in [0.1, 0.15) is 37.8 Å². The van der Waals surface area contributed by atoms with E-state index in [0.29, 0.717) is 12.5 Å². The summed E-state index contributed by atoms with van der Waals surface area (Å²) < 4.78 is 5.82. The number of carbonyl (C=O) groups is 1. The molecular weight excluding hydrogens is 250 g/mol. The van der Waals surface area contributed by atoms with E-state index in [1.807, 2.05) is 23.1 Å². The Morgan fingerprint density at radius 3 is 2.55 bits per heavy atom. The molecule has 0 N–H and O–H groups in total. The fraction of sp³-hybridized carbons (Fsp3) is 0.588. The lowest BCUT2D eigenvalue weighted by atomic mass is 10.0. The van der Waals surface area contributed by atoms with Crippen molar-refractivity contribution < 1.29 is 9.53 Å². The summed E-state index contributed by atoms with van der Waals surface area (Å²) >= 11 is 0. The van der Waals surface area contributed by atoms with Crippen molar-refractivity contribution in [2.45, 2.75) is 52.2 Å². The van der Waals surface area contributed by atoms with Crippen LogP contribution in [0.5, 0.6) is 0 Å². The highest BCUT2D eigenvalue weighted by atomic mass is 16.5. The first-order valence-corrected chi connectivity index (χ1v) is 7.54. The first-order chi connectivity index (χ1) is 9.56. The van der Waals surface area contributed by atoms with Gasteiger partial charge in [0.05, 0.1) is 18.6 Å². The van der Waals surface area contributed by atoms with E-state index in [1.54, 1.807) is 0 Å². The van der Waals surface area contributed by atoms with E-state index >= 15 is 0 Å². The monoisotopic (exact) mass is 275 g/mol. The smallest absolute Gasteiger partial charge is 0.227 e. The van der Waals surface area contributed by atoms with Gasteiger partial charge in [-0.05, 0) is 44.7 Å². The number of hydrogen-bond acceptors (Lipinski definition) is 2. The van der Waals surface area contributed by atoms with Crippen molar-refractivity contribution >= 4 is 5.91 Å². The number of rotatable bonds is 4. The number of amides is 1. The lowest BCUT2D eigenvalue weighted by Crippen LogP contribution is -2.42. The Balaban J connectivity index is 1.85. The predicted octanol–water partition coefficient (Wildman–Crippen LogP) is 2.95. The van der Waals surface area contributed by atoms with Crippen LogP contribution in [0.3, 0.4) is 0 Å². The largest absolute Gasteiger partial charge is 0.375 e. The highest BCUT2D eigenvalue weighted by Gasteiger charge is 2.23. The van der Waals surface area contributed by atoms with Crippen LogP contribution in [0.15, 0.2) is 24.3 Å². The molecule has 20 heavy (non-hydrogen) atoms. The van der Waals surface area contributed by atoms with Crippen LogP contribution in [0, 0.1) is 6.92 Å². The van der Waals surface area contributed by atoms with Crippen LogP contribution in [0.25, 0.3) is 0 Å². The Morgan fingerprint density at radius 1 is 1.30 bits per heavy atom. The van der Waals surface area contributed by atoms with Crippen molar-refractivity contribution in [3.8, 4) is 0 Å². The predicted molar refractivity (Wildman–Crippen MR) is 80.7 cm³/mol. The second kappa shape index (κ2) is 6.89. The van der Waals surface area contributed by atoms with Gasteiger partial charge in [0.15, 0.2) is 0 Å². The van der Waals surface area contributed by atoms with Crippen LogP contribution in [-0.4, -0.2) is 36.1 Å². The molecule has 0 spiro atoms. The molecule has 0 aromatic heterocycles. The van der Waals surface area contributed by atoms with Crippen molar-refractivity contribution in [2.75, 3.05) is 13.1 Å². The van der Waals surface area contributed by atoms with Gasteiger partial charge in [-0.1, -0.05) is 24.3 Å². The molecule has 1 fully saturated rings. The molecule has 0 saturated carbocycles. The Morgan fingerprint density at radius 2 is 1.95 bits per heavy atom. The van der Waals surface area contributed by atoms with Crippen LogP contribution in [0.2, 0.25) is 0 Å². The van der Waals surface area contributed by atoms with E-state index in [0.717, 1.165) is 31.5 Å². The zero-order valence-electron chi connectivity index (χ0n) is 12.8. The van der Waals surface area contributed by atoms with E-state index in [9.17, 15) is 4.79 Å². The van der Waals surface area contributed by atoms with Crippen molar-refractivity contribution in [1.82, 2.24) is 4.90 Å². The molecule has 1 aromatic rings. The summed E-state index contributed by atoms with van der Waals surface area (Å²) in [6, 6.07) is 8.11. The number of carbonyl (C=O) groups excluding carboxylic acids is 1. The molecule has 110 valence electrons. The number of ether oxygens (including phenoxy) is 1. The molecule has 1 aliphatic heterocycles. The fourth-order valence-electron chi connectivity index (χ4n) is 2.71. The van der Waals surface area contributed by atoms with Crippen LogP contribution in [-0.2, 0) is 16.0 Å². The van der Waals surface area contributed by atoms with Crippen LogP contribution < -0.4 is 0 Å². The van der Waals surface area contributed by atoms with Gasteiger partial charge in [-0.3, -0.25) is 4.79 Å². The number of likely N-dealkylation sites (tertiary alicyclic amines) is 1. The van der Waals surface area contributed by atoms with E-state index in [2.05, 4.69) is 26.8 Å².